The van der Waals surface area contributed by atoms with E-state index in [-0.39, 0.29) is 11.4 Å². The lowest BCUT2D eigenvalue weighted by Crippen LogP contribution is -2.41. The highest BCUT2D eigenvalue weighted by molar-refractivity contribution is 7.92. The number of carbonyl (C=O) groups is 1. The molecule has 0 bridgehead atoms. The van der Waals surface area contributed by atoms with Crippen molar-refractivity contribution in [3.63, 3.8) is 0 Å². The first-order chi connectivity index (χ1) is 16.3. The van der Waals surface area contributed by atoms with Gasteiger partial charge in [-0.3, -0.25) is 9.10 Å². The summed E-state index contributed by atoms with van der Waals surface area (Å²) in [6.07, 6.45) is 0.600. The van der Waals surface area contributed by atoms with E-state index in [2.05, 4.69) is 5.32 Å². The van der Waals surface area contributed by atoms with E-state index in [9.17, 15) is 13.2 Å². The number of benzene rings is 3. The molecule has 0 aliphatic carbocycles. The van der Waals surface area contributed by atoms with Gasteiger partial charge in [0.25, 0.3) is 10.0 Å². The zero-order valence-electron chi connectivity index (χ0n) is 19.0. The standard InChI is InChI=1S/C25H27ClN2O5S/c1-3-33-23-12-8-21(9-13-23)28(34(30,31)24-14-6-20(26)7-15-24)18-25(29)27-17-16-19-4-10-22(32-2)11-5-19/h4-15H,3,16-18H2,1-2H3,(H,27,29). The third-order valence-electron chi connectivity index (χ3n) is 5.02. The Bertz CT molecular complexity index is 1180. The van der Waals surface area contributed by atoms with Crippen molar-refractivity contribution in [2.75, 3.05) is 31.1 Å². The normalized spacial score (nSPS) is 11.0. The van der Waals surface area contributed by atoms with Crippen molar-refractivity contribution in [3.05, 3.63) is 83.4 Å². The molecule has 0 saturated carbocycles. The van der Waals surface area contributed by atoms with Crippen LogP contribution in [0.2, 0.25) is 5.02 Å². The largest absolute Gasteiger partial charge is 0.497 e. The van der Waals surface area contributed by atoms with Gasteiger partial charge in [0.05, 0.1) is 24.3 Å². The maximum atomic E-state index is 13.4. The molecular weight excluding hydrogens is 476 g/mol. The third kappa shape index (κ3) is 6.65. The van der Waals surface area contributed by atoms with Crippen LogP contribution >= 0.6 is 11.6 Å². The second kappa shape index (κ2) is 11.8. The predicted octanol–water partition coefficient (Wildman–Crippen LogP) is 4.30. The van der Waals surface area contributed by atoms with Gasteiger partial charge in [0.1, 0.15) is 18.0 Å². The molecule has 3 aromatic rings. The summed E-state index contributed by atoms with van der Waals surface area (Å²) in [4.78, 5) is 12.8. The summed E-state index contributed by atoms with van der Waals surface area (Å²) in [6.45, 7) is 2.34. The Morgan fingerprint density at radius 3 is 2.15 bits per heavy atom. The number of anilines is 1. The second-order valence-corrected chi connectivity index (χ2v) is 9.64. The predicted molar refractivity (Wildman–Crippen MR) is 133 cm³/mol. The number of halogens is 1. The molecular formula is C25H27ClN2O5S. The number of hydrogen-bond acceptors (Lipinski definition) is 5. The van der Waals surface area contributed by atoms with E-state index in [0.717, 1.165) is 15.6 Å². The molecule has 1 N–H and O–H groups in total. The molecule has 0 radical (unpaired) electrons. The number of nitrogens with zero attached hydrogens (tertiary/aromatic N) is 1. The van der Waals surface area contributed by atoms with Crippen LogP contribution in [0.25, 0.3) is 0 Å². The van der Waals surface area contributed by atoms with Crippen LogP contribution in [0.5, 0.6) is 11.5 Å². The molecule has 0 aliphatic rings. The Balaban J connectivity index is 1.75. The van der Waals surface area contributed by atoms with E-state index in [1.165, 1.54) is 24.3 Å². The maximum absolute atomic E-state index is 13.4. The van der Waals surface area contributed by atoms with Crippen LogP contribution in [0.1, 0.15) is 12.5 Å². The molecule has 1 amide bonds. The maximum Gasteiger partial charge on any atom is 0.264 e. The minimum absolute atomic E-state index is 0.0387. The average molecular weight is 503 g/mol. The average Bonchev–Trinajstić information content (AvgIpc) is 2.84. The van der Waals surface area contributed by atoms with Crippen LogP contribution in [-0.4, -0.2) is 41.1 Å². The number of ether oxygens (including phenoxy) is 2. The molecule has 0 heterocycles. The lowest BCUT2D eigenvalue weighted by Gasteiger charge is -2.24. The Morgan fingerprint density at radius 1 is 0.941 bits per heavy atom. The van der Waals surface area contributed by atoms with Gasteiger partial charge in [-0.25, -0.2) is 8.42 Å². The highest BCUT2D eigenvalue weighted by Gasteiger charge is 2.27. The number of methoxy groups -OCH3 is 1. The fraction of sp³-hybridized carbons (Fsp3) is 0.240. The second-order valence-electron chi connectivity index (χ2n) is 7.34. The number of carbonyl (C=O) groups excluding carboxylic acids is 1. The van der Waals surface area contributed by atoms with E-state index >= 15 is 0 Å². The van der Waals surface area contributed by atoms with Crippen molar-refractivity contribution in [1.82, 2.24) is 5.32 Å². The number of amides is 1. The summed E-state index contributed by atoms with van der Waals surface area (Å²) in [7, 11) is -2.42. The van der Waals surface area contributed by atoms with Gasteiger partial charge >= 0.3 is 0 Å². The Kier molecular flexibility index (Phi) is 8.79. The smallest absolute Gasteiger partial charge is 0.264 e. The molecule has 7 nitrogen and oxygen atoms in total. The van der Waals surface area contributed by atoms with E-state index in [1.54, 1.807) is 31.4 Å². The van der Waals surface area contributed by atoms with Crippen LogP contribution < -0.4 is 19.1 Å². The molecule has 0 aromatic heterocycles. The first-order valence-corrected chi connectivity index (χ1v) is 12.6. The van der Waals surface area contributed by atoms with Gasteiger partial charge in [0.15, 0.2) is 0 Å². The lowest BCUT2D eigenvalue weighted by molar-refractivity contribution is -0.119. The van der Waals surface area contributed by atoms with Crippen LogP contribution in [0.15, 0.2) is 77.7 Å². The van der Waals surface area contributed by atoms with E-state index < -0.39 is 15.9 Å². The van der Waals surface area contributed by atoms with E-state index in [4.69, 9.17) is 21.1 Å². The van der Waals surface area contributed by atoms with Crippen LogP contribution in [0.3, 0.4) is 0 Å². The number of sulfonamides is 1. The van der Waals surface area contributed by atoms with Crippen molar-refractivity contribution in [3.8, 4) is 11.5 Å². The van der Waals surface area contributed by atoms with Gasteiger partial charge < -0.3 is 14.8 Å². The van der Waals surface area contributed by atoms with Gasteiger partial charge in [-0.2, -0.15) is 0 Å². The summed E-state index contributed by atoms with van der Waals surface area (Å²) in [6, 6.07) is 19.9. The van der Waals surface area contributed by atoms with Crippen molar-refractivity contribution in [2.24, 2.45) is 0 Å². The molecule has 0 aliphatic heterocycles. The van der Waals surface area contributed by atoms with Crippen molar-refractivity contribution >= 4 is 33.2 Å². The van der Waals surface area contributed by atoms with Gasteiger partial charge in [0.2, 0.25) is 5.91 Å². The summed E-state index contributed by atoms with van der Waals surface area (Å²) < 4.78 is 38.5. The first kappa shape index (κ1) is 25.4. The molecule has 0 spiro atoms. The Labute approximate surface area is 205 Å². The van der Waals surface area contributed by atoms with Crippen LogP contribution in [-0.2, 0) is 21.2 Å². The summed E-state index contributed by atoms with van der Waals surface area (Å²) in [5.74, 6) is 0.949. The van der Waals surface area contributed by atoms with Gasteiger partial charge in [-0.1, -0.05) is 23.7 Å². The minimum atomic E-state index is -4.02. The molecule has 34 heavy (non-hydrogen) atoms. The van der Waals surface area contributed by atoms with Gasteiger partial charge in [-0.15, -0.1) is 0 Å². The number of hydrogen-bond donors (Lipinski definition) is 1. The summed E-state index contributed by atoms with van der Waals surface area (Å²) >= 11 is 5.92. The highest BCUT2D eigenvalue weighted by Crippen LogP contribution is 2.26. The monoisotopic (exact) mass is 502 g/mol. The van der Waals surface area contributed by atoms with Crippen LogP contribution in [0, 0.1) is 0 Å². The van der Waals surface area contributed by atoms with E-state index in [1.807, 2.05) is 31.2 Å². The molecule has 0 fully saturated rings. The summed E-state index contributed by atoms with van der Waals surface area (Å²) in [5.41, 5.74) is 1.38. The zero-order chi connectivity index (χ0) is 24.6. The Hall–Kier alpha value is -3.23. The quantitative estimate of drug-likeness (QED) is 0.422. The SMILES string of the molecule is CCOc1ccc(N(CC(=O)NCCc2ccc(OC)cc2)S(=O)(=O)c2ccc(Cl)cc2)cc1. The van der Waals surface area contributed by atoms with Crippen LogP contribution in [0.4, 0.5) is 5.69 Å². The molecule has 3 rings (SSSR count). The number of rotatable bonds is 11. The minimum Gasteiger partial charge on any atom is -0.497 e. The molecule has 0 unspecified atom stereocenters. The summed E-state index contributed by atoms with van der Waals surface area (Å²) in [5, 5.41) is 3.22. The molecule has 9 heteroatoms. The molecule has 180 valence electrons. The first-order valence-electron chi connectivity index (χ1n) is 10.7. The highest BCUT2D eigenvalue weighted by atomic mass is 35.5. The van der Waals surface area contributed by atoms with Crippen molar-refractivity contribution in [2.45, 2.75) is 18.2 Å². The molecule has 3 aromatic carbocycles. The van der Waals surface area contributed by atoms with Crippen molar-refractivity contribution < 1.29 is 22.7 Å². The zero-order valence-corrected chi connectivity index (χ0v) is 20.6. The molecule has 0 saturated heterocycles. The van der Waals surface area contributed by atoms with Gasteiger partial charge in [0, 0.05) is 11.6 Å². The Morgan fingerprint density at radius 2 is 1.56 bits per heavy atom. The fourth-order valence-corrected chi connectivity index (χ4v) is 4.80. The fourth-order valence-electron chi connectivity index (χ4n) is 3.25. The topological polar surface area (TPSA) is 84.9 Å². The van der Waals surface area contributed by atoms with Crippen molar-refractivity contribution in [1.29, 1.82) is 0 Å². The molecule has 0 atom stereocenters. The van der Waals surface area contributed by atoms with E-state index in [0.29, 0.717) is 36.0 Å². The lowest BCUT2D eigenvalue weighted by atomic mass is 10.1. The third-order valence-corrected chi connectivity index (χ3v) is 7.06. The number of nitrogens with one attached hydrogen (secondary N) is 1. The van der Waals surface area contributed by atoms with Gasteiger partial charge in [-0.05, 0) is 79.6 Å².